The Labute approximate surface area is 92.6 Å². The molecule has 0 radical (unpaired) electrons. The maximum atomic E-state index is 11.9. The van der Waals surface area contributed by atoms with Crippen LogP contribution in [0.3, 0.4) is 0 Å². The fourth-order valence-electron chi connectivity index (χ4n) is 2.03. The Morgan fingerprint density at radius 1 is 1.33 bits per heavy atom. The summed E-state index contributed by atoms with van der Waals surface area (Å²) in [7, 11) is 0. The number of hydrogen-bond donors (Lipinski definition) is 1. The van der Waals surface area contributed by atoms with Gasteiger partial charge in [0.2, 0.25) is 0 Å². The Kier molecular flexibility index (Phi) is 4.58. The van der Waals surface area contributed by atoms with Crippen molar-refractivity contribution in [3.05, 3.63) is 0 Å². The van der Waals surface area contributed by atoms with E-state index in [2.05, 4.69) is 5.32 Å². The zero-order chi connectivity index (χ0) is 11.3. The van der Waals surface area contributed by atoms with Gasteiger partial charge in [0.1, 0.15) is 5.60 Å². The summed E-state index contributed by atoms with van der Waals surface area (Å²) in [6, 6.07) is 0.367. The average Bonchev–Trinajstić information content (AvgIpc) is 2.19. The Morgan fingerprint density at radius 3 is 2.47 bits per heavy atom. The number of nitrogens with one attached hydrogen (secondary N) is 1. The molecule has 15 heavy (non-hydrogen) atoms. The molecule has 0 bridgehead atoms. The molecule has 1 fully saturated rings. The first kappa shape index (κ1) is 12.5. The summed E-state index contributed by atoms with van der Waals surface area (Å²) in [4.78, 5) is 11.9. The molecule has 1 aliphatic rings. The molecule has 0 heterocycles. The summed E-state index contributed by atoms with van der Waals surface area (Å²) in [6.45, 7) is 6.14. The van der Waals surface area contributed by atoms with E-state index in [-0.39, 0.29) is 5.91 Å². The normalized spacial score (nSPS) is 18.9. The first-order valence-corrected chi connectivity index (χ1v) is 6.01. The van der Waals surface area contributed by atoms with E-state index in [9.17, 15) is 4.79 Å². The van der Waals surface area contributed by atoms with E-state index in [0.717, 1.165) is 12.8 Å². The largest absolute Gasteiger partial charge is 0.366 e. The van der Waals surface area contributed by atoms with Crippen molar-refractivity contribution in [2.45, 2.75) is 64.5 Å². The van der Waals surface area contributed by atoms with Gasteiger partial charge in [-0.2, -0.15) is 0 Å². The number of carbonyl (C=O) groups is 1. The summed E-state index contributed by atoms with van der Waals surface area (Å²) in [5.41, 5.74) is -0.688. The second-order valence-corrected chi connectivity index (χ2v) is 4.75. The predicted octanol–water partition coefficient (Wildman–Crippen LogP) is 2.25. The van der Waals surface area contributed by atoms with Crippen LogP contribution < -0.4 is 5.32 Å². The van der Waals surface area contributed by atoms with Gasteiger partial charge < -0.3 is 10.1 Å². The summed E-state index contributed by atoms with van der Waals surface area (Å²) in [6.07, 6.45) is 6.02. The molecule has 1 saturated carbocycles. The fourth-order valence-corrected chi connectivity index (χ4v) is 2.03. The van der Waals surface area contributed by atoms with Gasteiger partial charge in [-0.25, -0.2) is 0 Å². The Balaban J connectivity index is 2.39. The highest BCUT2D eigenvalue weighted by Gasteiger charge is 2.29. The lowest BCUT2D eigenvalue weighted by molar-refractivity contribution is -0.143. The van der Waals surface area contributed by atoms with Crippen LogP contribution in [0.5, 0.6) is 0 Å². The maximum Gasteiger partial charge on any atom is 0.251 e. The lowest BCUT2D eigenvalue weighted by Gasteiger charge is -2.29. The van der Waals surface area contributed by atoms with Crippen molar-refractivity contribution in [2.75, 3.05) is 6.61 Å². The zero-order valence-corrected chi connectivity index (χ0v) is 10.1. The van der Waals surface area contributed by atoms with Crippen molar-refractivity contribution >= 4 is 5.91 Å². The van der Waals surface area contributed by atoms with E-state index in [0.29, 0.717) is 12.6 Å². The van der Waals surface area contributed by atoms with Gasteiger partial charge in [0.05, 0.1) is 0 Å². The van der Waals surface area contributed by atoms with Crippen molar-refractivity contribution in [1.29, 1.82) is 0 Å². The second-order valence-electron chi connectivity index (χ2n) is 4.75. The van der Waals surface area contributed by atoms with Gasteiger partial charge in [0.25, 0.3) is 5.91 Å². The quantitative estimate of drug-likeness (QED) is 0.778. The molecule has 1 amide bonds. The van der Waals surface area contributed by atoms with E-state index in [1.54, 1.807) is 0 Å². The van der Waals surface area contributed by atoms with E-state index < -0.39 is 5.60 Å². The van der Waals surface area contributed by atoms with Crippen molar-refractivity contribution in [1.82, 2.24) is 5.32 Å². The van der Waals surface area contributed by atoms with Crippen LogP contribution in [0.25, 0.3) is 0 Å². The molecule has 0 aromatic carbocycles. The Hall–Kier alpha value is -0.570. The molecule has 0 spiro atoms. The molecule has 3 nitrogen and oxygen atoms in total. The molecule has 3 heteroatoms. The lowest BCUT2D eigenvalue weighted by Crippen LogP contribution is -2.48. The molecule has 1 N–H and O–H groups in total. The number of amides is 1. The van der Waals surface area contributed by atoms with E-state index in [4.69, 9.17) is 4.74 Å². The molecular weight excluding hydrogens is 190 g/mol. The number of hydrogen-bond acceptors (Lipinski definition) is 2. The minimum absolute atomic E-state index is 0.0243. The van der Waals surface area contributed by atoms with Crippen LogP contribution in [-0.4, -0.2) is 24.2 Å². The summed E-state index contributed by atoms with van der Waals surface area (Å²) in [5.74, 6) is 0.0243. The van der Waals surface area contributed by atoms with Gasteiger partial charge >= 0.3 is 0 Å². The number of carbonyl (C=O) groups excluding carboxylic acids is 1. The van der Waals surface area contributed by atoms with E-state index in [1.165, 1.54) is 19.3 Å². The van der Waals surface area contributed by atoms with Crippen molar-refractivity contribution in [3.63, 3.8) is 0 Å². The van der Waals surface area contributed by atoms with Crippen molar-refractivity contribution in [2.24, 2.45) is 0 Å². The van der Waals surface area contributed by atoms with Gasteiger partial charge in [-0.05, 0) is 33.6 Å². The highest BCUT2D eigenvalue weighted by molar-refractivity contribution is 5.84. The smallest absolute Gasteiger partial charge is 0.251 e. The van der Waals surface area contributed by atoms with E-state index >= 15 is 0 Å². The summed E-state index contributed by atoms with van der Waals surface area (Å²) >= 11 is 0. The predicted molar refractivity (Wildman–Crippen MR) is 60.7 cm³/mol. The van der Waals surface area contributed by atoms with E-state index in [1.807, 2.05) is 20.8 Å². The molecular formula is C12H23NO2. The minimum atomic E-state index is -0.688. The first-order valence-electron chi connectivity index (χ1n) is 6.01. The summed E-state index contributed by atoms with van der Waals surface area (Å²) < 4.78 is 5.42. The van der Waals surface area contributed by atoms with Crippen molar-refractivity contribution < 1.29 is 9.53 Å². The average molecular weight is 213 g/mol. The number of ether oxygens (including phenoxy) is 1. The molecule has 1 rings (SSSR count). The van der Waals surface area contributed by atoms with Gasteiger partial charge in [-0.1, -0.05) is 19.3 Å². The maximum absolute atomic E-state index is 11.9. The Bertz CT molecular complexity index is 208. The molecule has 0 aromatic rings. The molecule has 0 saturated heterocycles. The van der Waals surface area contributed by atoms with Gasteiger partial charge in [-0.3, -0.25) is 4.79 Å². The van der Waals surface area contributed by atoms with Crippen LogP contribution >= 0.6 is 0 Å². The van der Waals surface area contributed by atoms with Crippen LogP contribution in [0.2, 0.25) is 0 Å². The highest BCUT2D eigenvalue weighted by atomic mass is 16.5. The molecule has 88 valence electrons. The van der Waals surface area contributed by atoms with Crippen LogP contribution in [0, 0.1) is 0 Å². The van der Waals surface area contributed by atoms with Crippen LogP contribution in [0.4, 0.5) is 0 Å². The fraction of sp³-hybridized carbons (Fsp3) is 0.917. The third-order valence-electron chi connectivity index (χ3n) is 2.99. The van der Waals surface area contributed by atoms with Crippen LogP contribution in [0.15, 0.2) is 0 Å². The van der Waals surface area contributed by atoms with Crippen molar-refractivity contribution in [3.8, 4) is 0 Å². The molecule has 1 aliphatic carbocycles. The van der Waals surface area contributed by atoms with Crippen LogP contribution in [0.1, 0.15) is 52.9 Å². The van der Waals surface area contributed by atoms with Gasteiger partial charge in [0, 0.05) is 12.6 Å². The standard InChI is InChI=1S/C12H23NO2/c1-4-15-12(2,3)11(14)13-10-8-6-5-7-9-10/h10H,4-9H2,1-3H3,(H,13,14). The topological polar surface area (TPSA) is 38.3 Å². The Morgan fingerprint density at radius 2 is 1.93 bits per heavy atom. The second kappa shape index (κ2) is 5.50. The lowest BCUT2D eigenvalue weighted by atomic mass is 9.94. The van der Waals surface area contributed by atoms with Gasteiger partial charge in [0.15, 0.2) is 0 Å². The van der Waals surface area contributed by atoms with Gasteiger partial charge in [-0.15, -0.1) is 0 Å². The third-order valence-corrected chi connectivity index (χ3v) is 2.99. The molecule has 0 aromatic heterocycles. The monoisotopic (exact) mass is 213 g/mol. The summed E-state index contributed by atoms with van der Waals surface area (Å²) in [5, 5.41) is 3.08. The molecule has 0 unspecified atom stereocenters. The third kappa shape index (κ3) is 3.82. The zero-order valence-electron chi connectivity index (χ0n) is 10.1. The minimum Gasteiger partial charge on any atom is -0.366 e. The highest BCUT2D eigenvalue weighted by Crippen LogP contribution is 2.19. The molecule has 0 aliphatic heterocycles. The first-order chi connectivity index (χ1) is 7.06. The SMILES string of the molecule is CCOC(C)(C)C(=O)NC1CCCCC1. The van der Waals surface area contributed by atoms with Crippen LogP contribution in [-0.2, 0) is 9.53 Å². The number of rotatable bonds is 4. The molecule has 0 atom stereocenters.